The van der Waals surface area contributed by atoms with E-state index in [4.69, 9.17) is 11.2 Å². The Hall–Kier alpha value is -1.08. The fraction of sp³-hybridized carbons (Fsp3) is 0.0769. The van der Waals surface area contributed by atoms with Gasteiger partial charge in [0.15, 0.2) is 0 Å². The number of halogens is 1. The van der Waals surface area contributed by atoms with Gasteiger partial charge < -0.3 is 4.89 Å². The molecule has 4 heteroatoms. The van der Waals surface area contributed by atoms with Crippen molar-refractivity contribution in [3.8, 4) is 0 Å². The van der Waals surface area contributed by atoms with E-state index >= 15 is 0 Å². The van der Waals surface area contributed by atoms with Crippen molar-refractivity contribution in [2.45, 2.75) is 6.42 Å². The smallest absolute Gasteiger partial charge is 0.317 e. The number of hydrogen-bond donors (Lipinski definition) is 1. The van der Waals surface area contributed by atoms with Crippen LogP contribution in [0.15, 0.2) is 54.6 Å². The van der Waals surface area contributed by atoms with E-state index < -0.39 is 6.72 Å². The van der Waals surface area contributed by atoms with Crippen LogP contribution >= 0.6 is 18.0 Å². The first-order valence-electron chi connectivity index (χ1n) is 5.22. The maximum absolute atomic E-state index is 11.5. The Morgan fingerprint density at radius 3 is 2.24 bits per heavy atom. The molecule has 1 N–H and O–H groups in total. The average molecular weight is 267 g/mol. The molecule has 0 amide bonds. The third-order valence-electron chi connectivity index (χ3n) is 2.53. The minimum absolute atomic E-state index is 0.325. The fourth-order valence-corrected chi connectivity index (χ4v) is 3.02. The van der Waals surface area contributed by atoms with Crippen molar-refractivity contribution in [3.05, 3.63) is 65.7 Å². The number of rotatable bonds is 3. The predicted molar refractivity (Wildman–Crippen MR) is 71.0 cm³/mol. The second kappa shape index (κ2) is 5.05. The largest absolute Gasteiger partial charge is 0.330 e. The molecule has 0 aliphatic heterocycles. The molecule has 1 atom stereocenters. The first-order valence-corrected chi connectivity index (χ1v) is 7.78. The van der Waals surface area contributed by atoms with Gasteiger partial charge in [-0.25, -0.2) is 0 Å². The molecule has 0 heterocycles. The SMILES string of the molecule is O=P(O)(Cl)c1ccccc1Cc1ccccc1. The van der Waals surface area contributed by atoms with Crippen LogP contribution < -0.4 is 5.30 Å². The van der Waals surface area contributed by atoms with Gasteiger partial charge in [0, 0.05) is 0 Å². The van der Waals surface area contributed by atoms with Gasteiger partial charge in [0.05, 0.1) is 5.30 Å². The minimum atomic E-state index is -3.72. The van der Waals surface area contributed by atoms with Gasteiger partial charge in [-0.1, -0.05) is 48.5 Å². The summed E-state index contributed by atoms with van der Waals surface area (Å²) in [6, 6.07) is 16.8. The van der Waals surface area contributed by atoms with Gasteiger partial charge >= 0.3 is 6.72 Å². The zero-order chi connectivity index (χ0) is 12.3. The van der Waals surface area contributed by atoms with Crippen molar-refractivity contribution < 1.29 is 9.46 Å². The maximum Gasteiger partial charge on any atom is 0.317 e. The quantitative estimate of drug-likeness (QED) is 0.865. The van der Waals surface area contributed by atoms with Crippen LogP contribution in [-0.2, 0) is 11.0 Å². The molecule has 0 fully saturated rings. The van der Waals surface area contributed by atoms with Gasteiger partial charge in [-0.3, -0.25) is 4.57 Å². The first-order chi connectivity index (χ1) is 8.07. The normalized spacial score (nSPS) is 14.2. The van der Waals surface area contributed by atoms with E-state index in [9.17, 15) is 9.46 Å². The summed E-state index contributed by atoms with van der Waals surface area (Å²) in [5, 5.41) is 0.325. The lowest BCUT2D eigenvalue weighted by atomic mass is 10.1. The Morgan fingerprint density at radius 2 is 1.59 bits per heavy atom. The summed E-state index contributed by atoms with van der Waals surface area (Å²) >= 11 is 5.54. The molecule has 2 aromatic carbocycles. The van der Waals surface area contributed by atoms with Crippen LogP contribution in [0.2, 0.25) is 0 Å². The average Bonchev–Trinajstić information content (AvgIpc) is 2.30. The van der Waals surface area contributed by atoms with Crippen molar-refractivity contribution >= 4 is 23.3 Å². The zero-order valence-corrected chi connectivity index (χ0v) is 10.7. The highest BCUT2D eigenvalue weighted by Crippen LogP contribution is 2.45. The Balaban J connectivity index is 2.37. The minimum Gasteiger partial charge on any atom is -0.330 e. The van der Waals surface area contributed by atoms with E-state index in [-0.39, 0.29) is 0 Å². The summed E-state index contributed by atoms with van der Waals surface area (Å²) in [7, 11) is 0. The second-order valence-corrected chi connectivity index (χ2v) is 6.65. The van der Waals surface area contributed by atoms with Crippen LogP contribution in [0.1, 0.15) is 11.1 Å². The third-order valence-corrected chi connectivity index (χ3v) is 4.10. The van der Waals surface area contributed by atoms with Crippen molar-refractivity contribution in [2.24, 2.45) is 0 Å². The summed E-state index contributed by atoms with van der Waals surface area (Å²) in [6.45, 7) is -3.72. The molecule has 88 valence electrons. The predicted octanol–water partition coefficient (Wildman–Crippen LogP) is 3.33. The highest BCUT2D eigenvalue weighted by atomic mass is 35.7. The highest BCUT2D eigenvalue weighted by molar-refractivity contribution is 7.90. The Labute approximate surface area is 105 Å². The molecule has 0 aliphatic carbocycles. The molecule has 2 aromatic rings. The molecular weight excluding hydrogens is 255 g/mol. The maximum atomic E-state index is 11.5. The lowest BCUT2D eigenvalue weighted by Gasteiger charge is -2.10. The standard InChI is InChI=1S/C13H12ClO2P/c14-17(15,16)13-9-5-4-8-12(13)10-11-6-2-1-3-7-11/h1-9H,10H2,(H,15,16). The molecule has 0 bridgehead atoms. The van der Waals surface area contributed by atoms with E-state index in [1.807, 2.05) is 42.5 Å². The molecule has 0 aliphatic rings. The van der Waals surface area contributed by atoms with Crippen LogP contribution in [0.25, 0.3) is 0 Å². The molecule has 2 rings (SSSR count). The Morgan fingerprint density at radius 1 is 1.00 bits per heavy atom. The number of benzene rings is 2. The fourth-order valence-electron chi connectivity index (χ4n) is 1.75. The van der Waals surface area contributed by atoms with E-state index in [2.05, 4.69) is 0 Å². The summed E-state index contributed by atoms with van der Waals surface area (Å²) in [4.78, 5) is 9.47. The van der Waals surface area contributed by atoms with Gasteiger partial charge in [-0.2, -0.15) is 0 Å². The van der Waals surface area contributed by atoms with Crippen LogP contribution in [0.4, 0.5) is 0 Å². The first kappa shape index (κ1) is 12.4. The lowest BCUT2D eigenvalue weighted by Crippen LogP contribution is -2.08. The van der Waals surface area contributed by atoms with Gasteiger partial charge in [0.1, 0.15) is 0 Å². The molecular formula is C13H12ClO2P. The molecule has 0 saturated carbocycles. The zero-order valence-electron chi connectivity index (χ0n) is 9.08. The summed E-state index contributed by atoms with van der Waals surface area (Å²) in [6.07, 6.45) is 0.605. The summed E-state index contributed by atoms with van der Waals surface area (Å²) < 4.78 is 11.5. The van der Waals surface area contributed by atoms with E-state index in [1.165, 1.54) is 0 Å². The molecule has 0 radical (unpaired) electrons. The van der Waals surface area contributed by atoms with Crippen LogP contribution in [0.5, 0.6) is 0 Å². The van der Waals surface area contributed by atoms with Gasteiger partial charge in [0.2, 0.25) is 0 Å². The molecule has 1 unspecified atom stereocenters. The lowest BCUT2D eigenvalue weighted by molar-refractivity contribution is 0.506. The van der Waals surface area contributed by atoms with Crippen LogP contribution in [0, 0.1) is 0 Å². The van der Waals surface area contributed by atoms with Crippen molar-refractivity contribution in [1.82, 2.24) is 0 Å². The molecule has 0 spiro atoms. The van der Waals surface area contributed by atoms with E-state index in [0.717, 1.165) is 11.1 Å². The monoisotopic (exact) mass is 266 g/mol. The summed E-state index contributed by atoms with van der Waals surface area (Å²) in [5.74, 6) is 0. The van der Waals surface area contributed by atoms with E-state index in [0.29, 0.717) is 11.7 Å². The molecule has 0 aromatic heterocycles. The van der Waals surface area contributed by atoms with Gasteiger partial charge in [0.25, 0.3) is 0 Å². The van der Waals surface area contributed by atoms with Gasteiger partial charge in [-0.15, -0.1) is 0 Å². The van der Waals surface area contributed by atoms with Crippen molar-refractivity contribution in [1.29, 1.82) is 0 Å². The van der Waals surface area contributed by atoms with Crippen LogP contribution in [0.3, 0.4) is 0 Å². The topological polar surface area (TPSA) is 37.3 Å². The highest BCUT2D eigenvalue weighted by Gasteiger charge is 2.20. The molecule has 0 saturated heterocycles. The second-order valence-electron chi connectivity index (χ2n) is 3.79. The number of hydrogen-bond acceptors (Lipinski definition) is 1. The van der Waals surface area contributed by atoms with Crippen molar-refractivity contribution in [3.63, 3.8) is 0 Å². The van der Waals surface area contributed by atoms with Gasteiger partial charge in [-0.05, 0) is 34.9 Å². The summed E-state index contributed by atoms with van der Waals surface area (Å²) in [5.41, 5.74) is 1.88. The third kappa shape index (κ3) is 3.19. The van der Waals surface area contributed by atoms with E-state index in [1.54, 1.807) is 12.1 Å². The Kier molecular flexibility index (Phi) is 3.68. The molecule has 17 heavy (non-hydrogen) atoms. The van der Waals surface area contributed by atoms with Crippen molar-refractivity contribution in [2.75, 3.05) is 0 Å². The van der Waals surface area contributed by atoms with Crippen LogP contribution in [-0.4, -0.2) is 4.89 Å². The Bertz CT molecular complexity index is 548. The molecule has 2 nitrogen and oxygen atoms in total.